The molecule has 0 aliphatic carbocycles. The number of thiophene rings is 1. The molecule has 0 aromatic carbocycles. The third-order valence-corrected chi connectivity index (χ3v) is 5.90. The molecule has 1 aliphatic heterocycles. The molecular weight excluding hydrogens is 372 g/mol. The van der Waals surface area contributed by atoms with E-state index in [0.29, 0.717) is 4.88 Å². The molecule has 2 atom stereocenters. The Kier molecular flexibility index (Phi) is 4.59. The number of hydrogen-bond acceptors (Lipinski definition) is 4. The largest absolute Gasteiger partial charge is 0.378 e. The zero-order chi connectivity index (χ0) is 12.4. The zero-order valence-electron chi connectivity index (χ0n) is 9.13. The quantitative estimate of drug-likeness (QED) is 0.839. The second-order valence-electron chi connectivity index (χ2n) is 3.74. The minimum absolute atomic E-state index is 0.0344. The Morgan fingerprint density at radius 3 is 2.94 bits per heavy atom. The fourth-order valence-corrected chi connectivity index (χ4v) is 3.68. The Bertz CT molecular complexity index is 405. The van der Waals surface area contributed by atoms with E-state index in [-0.39, 0.29) is 18.1 Å². The van der Waals surface area contributed by atoms with Gasteiger partial charge in [-0.15, -0.1) is 11.3 Å². The van der Waals surface area contributed by atoms with Crippen molar-refractivity contribution < 1.29 is 9.53 Å². The smallest absolute Gasteiger partial charge is 0.261 e. The van der Waals surface area contributed by atoms with Gasteiger partial charge in [-0.05, 0) is 37.9 Å². The van der Waals surface area contributed by atoms with Crippen molar-refractivity contribution in [3.63, 3.8) is 0 Å². The minimum atomic E-state index is -0.0582. The van der Waals surface area contributed by atoms with Gasteiger partial charge < -0.3 is 15.4 Å². The first-order chi connectivity index (χ1) is 8.11. The third kappa shape index (κ3) is 3.08. The van der Waals surface area contributed by atoms with Gasteiger partial charge in [0.05, 0.1) is 20.8 Å². The van der Waals surface area contributed by atoms with E-state index in [1.807, 2.05) is 6.07 Å². The molecule has 4 nitrogen and oxygen atoms in total. The molecule has 17 heavy (non-hydrogen) atoms. The maximum Gasteiger partial charge on any atom is 0.261 e. The molecule has 0 saturated carbocycles. The van der Waals surface area contributed by atoms with Gasteiger partial charge in [0.15, 0.2) is 0 Å². The fourth-order valence-electron chi connectivity index (χ4n) is 1.74. The molecule has 1 saturated heterocycles. The van der Waals surface area contributed by atoms with Gasteiger partial charge in [-0.25, -0.2) is 0 Å². The number of hydrogen-bond donors (Lipinski definition) is 2. The number of halogens is 2. The third-order valence-electron chi connectivity index (χ3n) is 2.65. The number of carbonyl (C=O) groups excluding carboxylic acids is 1. The van der Waals surface area contributed by atoms with Crippen molar-refractivity contribution in [3.8, 4) is 0 Å². The van der Waals surface area contributed by atoms with Crippen molar-refractivity contribution in [2.75, 3.05) is 20.2 Å². The summed E-state index contributed by atoms with van der Waals surface area (Å²) in [6.07, 6.45) is 0.0470. The highest BCUT2D eigenvalue weighted by Gasteiger charge is 2.28. The average molecular weight is 384 g/mol. The molecule has 2 rings (SSSR count). The molecular formula is C10H12Br2N2O2S. The molecule has 0 spiro atoms. The number of rotatable bonds is 3. The Hall–Kier alpha value is 0.0500. The SMILES string of the molecule is CO[C@H]1CNCC1NC(=O)c1cc(Br)c(Br)s1. The first-order valence-corrected chi connectivity index (χ1v) is 7.51. The monoisotopic (exact) mass is 382 g/mol. The number of ether oxygens (including phenoxy) is 1. The summed E-state index contributed by atoms with van der Waals surface area (Å²) in [7, 11) is 1.66. The normalized spacial score (nSPS) is 23.9. The van der Waals surface area contributed by atoms with Gasteiger partial charge in [-0.2, -0.15) is 0 Å². The van der Waals surface area contributed by atoms with Crippen LogP contribution in [0.2, 0.25) is 0 Å². The van der Waals surface area contributed by atoms with Crippen molar-refractivity contribution in [2.24, 2.45) is 0 Å². The lowest BCUT2D eigenvalue weighted by Gasteiger charge is -2.17. The predicted molar refractivity (Wildman–Crippen MR) is 74.6 cm³/mol. The van der Waals surface area contributed by atoms with Crippen molar-refractivity contribution in [1.82, 2.24) is 10.6 Å². The van der Waals surface area contributed by atoms with Crippen LogP contribution in [0.15, 0.2) is 14.3 Å². The highest BCUT2D eigenvalue weighted by atomic mass is 79.9. The van der Waals surface area contributed by atoms with Crippen molar-refractivity contribution in [1.29, 1.82) is 0 Å². The van der Waals surface area contributed by atoms with Crippen molar-refractivity contribution in [2.45, 2.75) is 12.1 Å². The molecule has 0 bridgehead atoms. The molecule has 1 unspecified atom stereocenters. The van der Waals surface area contributed by atoms with Crippen LogP contribution >= 0.6 is 43.2 Å². The maximum atomic E-state index is 12.0. The molecule has 7 heteroatoms. The highest BCUT2D eigenvalue weighted by molar-refractivity contribution is 9.13. The van der Waals surface area contributed by atoms with E-state index in [1.54, 1.807) is 7.11 Å². The van der Waals surface area contributed by atoms with Gasteiger partial charge in [0.1, 0.15) is 0 Å². The molecule has 1 aromatic heterocycles. The van der Waals surface area contributed by atoms with Crippen LogP contribution in [0.4, 0.5) is 0 Å². The first-order valence-electron chi connectivity index (χ1n) is 5.11. The Labute approximate surface area is 120 Å². The number of nitrogens with one attached hydrogen (secondary N) is 2. The summed E-state index contributed by atoms with van der Waals surface area (Å²) in [5.74, 6) is -0.0582. The number of amides is 1. The fraction of sp³-hybridized carbons (Fsp3) is 0.500. The molecule has 1 amide bonds. The molecule has 1 fully saturated rings. The van der Waals surface area contributed by atoms with E-state index in [4.69, 9.17) is 4.74 Å². The Morgan fingerprint density at radius 2 is 2.35 bits per heavy atom. The van der Waals surface area contributed by atoms with E-state index in [0.717, 1.165) is 21.3 Å². The second-order valence-corrected chi connectivity index (χ2v) is 6.97. The summed E-state index contributed by atoms with van der Waals surface area (Å²) in [5, 5.41) is 6.17. The topological polar surface area (TPSA) is 50.4 Å². The zero-order valence-corrected chi connectivity index (χ0v) is 13.1. The number of methoxy groups -OCH3 is 1. The van der Waals surface area contributed by atoms with Crippen molar-refractivity contribution in [3.05, 3.63) is 19.2 Å². The molecule has 1 aromatic rings. The van der Waals surface area contributed by atoms with Crippen LogP contribution in [0.5, 0.6) is 0 Å². The molecule has 2 heterocycles. The van der Waals surface area contributed by atoms with Crippen LogP contribution in [0.25, 0.3) is 0 Å². The van der Waals surface area contributed by atoms with Gasteiger partial charge in [0.2, 0.25) is 0 Å². The van der Waals surface area contributed by atoms with Gasteiger partial charge in [0, 0.05) is 24.7 Å². The lowest BCUT2D eigenvalue weighted by Crippen LogP contribution is -2.43. The highest BCUT2D eigenvalue weighted by Crippen LogP contribution is 2.32. The van der Waals surface area contributed by atoms with Crippen LogP contribution in [0.1, 0.15) is 9.67 Å². The Morgan fingerprint density at radius 1 is 1.59 bits per heavy atom. The van der Waals surface area contributed by atoms with Gasteiger partial charge in [-0.1, -0.05) is 0 Å². The van der Waals surface area contributed by atoms with Gasteiger partial charge in [0.25, 0.3) is 5.91 Å². The minimum Gasteiger partial charge on any atom is -0.378 e. The Balaban J connectivity index is 2.01. The van der Waals surface area contributed by atoms with Crippen molar-refractivity contribution >= 4 is 49.1 Å². The maximum absolute atomic E-state index is 12.0. The summed E-state index contributed by atoms with van der Waals surface area (Å²) in [6.45, 7) is 1.53. The van der Waals surface area contributed by atoms with E-state index in [9.17, 15) is 4.79 Å². The lowest BCUT2D eigenvalue weighted by atomic mass is 10.2. The second kappa shape index (κ2) is 5.79. The first kappa shape index (κ1) is 13.5. The predicted octanol–water partition coefficient (Wildman–Crippen LogP) is 1.99. The van der Waals surface area contributed by atoms with Gasteiger partial charge >= 0.3 is 0 Å². The average Bonchev–Trinajstić information content (AvgIpc) is 2.86. The molecule has 1 aliphatic rings. The summed E-state index contributed by atoms with van der Waals surface area (Å²) in [5.41, 5.74) is 0. The number of carbonyl (C=O) groups is 1. The van der Waals surface area contributed by atoms with E-state index < -0.39 is 0 Å². The summed E-state index contributed by atoms with van der Waals surface area (Å²) in [4.78, 5) is 12.7. The van der Waals surface area contributed by atoms with Crippen LogP contribution in [-0.2, 0) is 4.74 Å². The van der Waals surface area contributed by atoms with E-state index in [1.165, 1.54) is 11.3 Å². The van der Waals surface area contributed by atoms with Crippen LogP contribution in [0, 0.1) is 0 Å². The van der Waals surface area contributed by atoms with Crippen LogP contribution in [-0.4, -0.2) is 38.3 Å². The molecule has 94 valence electrons. The lowest BCUT2D eigenvalue weighted by molar-refractivity contribution is 0.0782. The van der Waals surface area contributed by atoms with Crippen LogP contribution in [0.3, 0.4) is 0 Å². The summed E-state index contributed by atoms with van der Waals surface area (Å²) >= 11 is 8.16. The summed E-state index contributed by atoms with van der Waals surface area (Å²) < 4.78 is 7.13. The summed E-state index contributed by atoms with van der Waals surface area (Å²) in [6, 6.07) is 1.85. The molecule has 2 N–H and O–H groups in total. The van der Waals surface area contributed by atoms with Crippen LogP contribution < -0.4 is 10.6 Å². The van der Waals surface area contributed by atoms with E-state index in [2.05, 4.69) is 42.5 Å². The van der Waals surface area contributed by atoms with E-state index >= 15 is 0 Å². The van der Waals surface area contributed by atoms with Gasteiger partial charge in [-0.3, -0.25) is 4.79 Å². The molecule has 0 radical (unpaired) electrons. The standard InChI is InChI=1S/C10H12Br2N2O2S/c1-16-7-4-13-3-6(7)14-10(15)8-2-5(11)9(12)17-8/h2,6-7,13H,3-4H2,1H3,(H,14,15)/t6?,7-/m0/s1.